The van der Waals surface area contributed by atoms with Crippen molar-refractivity contribution >= 4 is 0 Å². The van der Waals surface area contributed by atoms with Crippen molar-refractivity contribution in [2.24, 2.45) is 0 Å². The summed E-state index contributed by atoms with van der Waals surface area (Å²) in [5, 5.41) is 9.08. The summed E-state index contributed by atoms with van der Waals surface area (Å²) in [6.07, 6.45) is 1.74. The highest BCUT2D eigenvalue weighted by atomic mass is 16.5. The third kappa shape index (κ3) is 2.21. The van der Waals surface area contributed by atoms with Crippen LogP contribution in [0.3, 0.4) is 0 Å². The molecule has 0 unspecified atom stereocenters. The normalized spacial score (nSPS) is 11.0. The first-order chi connectivity index (χ1) is 8.56. The van der Waals surface area contributed by atoms with Gasteiger partial charge in [0, 0.05) is 5.56 Å². The van der Waals surface area contributed by atoms with Gasteiger partial charge >= 0.3 is 0 Å². The van der Waals surface area contributed by atoms with Gasteiger partial charge in [-0.3, -0.25) is 0 Å². The second-order valence-corrected chi connectivity index (χ2v) is 4.61. The van der Waals surface area contributed by atoms with Crippen LogP contribution in [0.15, 0.2) is 30.5 Å². The second kappa shape index (κ2) is 4.53. The average Bonchev–Trinajstić information content (AvgIpc) is 2.89. The molecule has 2 rings (SSSR count). The van der Waals surface area contributed by atoms with Crippen molar-refractivity contribution in [2.75, 3.05) is 7.11 Å². The van der Waals surface area contributed by atoms with E-state index in [1.165, 1.54) is 0 Å². The number of hydrogen-bond donors (Lipinski definition) is 1. The van der Waals surface area contributed by atoms with Crippen molar-refractivity contribution in [1.29, 1.82) is 5.26 Å². The van der Waals surface area contributed by atoms with Crippen LogP contribution in [-0.2, 0) is 5.41 Å². The van der Waals surface area contributed by atoms with Crippen LogP contribution in [0.25, 0.3) is 11.3 Å². The highest BCUT2D eigenvalue weighted by Crippen LogP contribution is 2.25. The number of nitrogens with one attached hydrogen (secondary N) is 1. The molecule has 1 aromatic heterocycles. The van der Waals surface area contributed by atoms with Crippen molar-refractivity contribution in [3.05, 3.63) is 36.3 Å². The Morgan fingerprint density at radius 3 is 2.83 bits per heavy atom. The predicted octanol–water partition coefficient (Wildman–Crippen LogP) is 2.89. The maximum atomic E-state index is 9.08. The standard InChI is InChI=1S/C14H15N3O/c1-14(2,9-15)13-16-8-12(17-13)10-5-4-6-11(7-10)18-3/h4-8H,1-3H3,(H,16,17). The van der Waals surface area contributed by atoms with E-state index in [2.05, 4.69) is 16.0 Å². The minimum Gasteiger partial charge on any atom is -0.497 e. The smallest absolute Gasteiger partial charge is 0.126 e. The Bertz CT molecular complexity index is 593. The Labute approximate surface area is 106 Å². The molecule has 0 amide bonds. The Morgan fingerprint density at radius 2 is 2.17 bits per heavy atom. The number of hydrogen-bond acceptors (Lipinski definition) is 3. The maximum absolute atomic E-state index is 9.08. The Balaban J connectivity index is 2.38. The van der Waals surface area contributed by atoms with Crippen molar-refractivity contribution in [1.82, 2.24) is 9.97 Å². The molecule has 0 aliphatic carbocycles. The monoisotopic (exact) mass is 241 g/mol. The molecule has 18 heavy (non-hydrogen) atoms. The maximum Gasteiger partial charge on any atom is 0.126 e. The van der Waals surface area contributed by atoms with Gasteiger partial charge in [-0.2, -0.15) is 5.26 Å². The first-order valence-electron chi connectivity index (χ1n) is 5.68. The van der Waals surface area contributed by atoms with Crippen LogP contribution in [0.4, 0.5) is 0 Å². The van der Waals surface area contributed by atoms with Crippen LogP contribution in [-0.4, -0.2) is 17.1 Å². The van der Waals surface area contributed by atoms with E-state index >= 15 is 0 Å². The SMILES string of the molecule is COc1cccc(-c2cnc(C(C)(C)C#N)[nH]2)c1. The zero-order valence-corrected chi connectivity index (χ0v) is 10.7. The molecule has 0 fully saturated rings. The summed E-state index contributed by atoms with van der Waals surface area (Å²) in [5.41, 5.74) is 1.26. The zero-order chi connectivity index (χ0) is 13.2. The lowest BCUT2D eigenvalue weighted by Gasteiger charge is -2.10. The van der Waals surface area contributed by atoms with Gasteiger partial charge in [0.05, 0.1) is 25.1 Å². The molecule has 2 aromatic rings. The molecule has 0 bridgehead atoms. The van der Waals surface area contributed by atoms with Crippen LogP contribution < -0.4 is 4.74 Å². The number of benzene rings is 1. The van der Waals surface area contributed by atoms with Gasteiger partial charge in [0.15, 0.2) is 0 Å². The Morgan fingerprint density at radius 1 is 1.39 bits per heavy atom. The van der Waals surface area contributed by atoms with E-state index < -0.39 is 5.41 Å². The van der Waals surface area contributed by atoms with Crippen LogP contribution in [0.2, 0.25) is 0 Å². The lowest BCUT2D eigenvalue weighted by molar-refractivity contribution is 0.415. The van der Waals surface area contributed by atoms with Gasteiger partial charge in [0.25, 0.3) is 0 Å². The summed E-state index contributed by atoms with van der Waals surface area (Å²) < 4.78 is 5.18. The highest BCUT2D eigenvalue weighted by molar-refractivity contribution is 5.60. The Kier molecular flexibility index (Phi) is 3.07. The van der Waals surface area contributed by atoms with Crippen LogP contribution >= 0.6 is 0 Å². The van der Waals surface area contributed by atoms with Gasteiger partial charge in [0.2, 0.25) is 0 Å². The van der Waals surface area contributed by atoms with Crippen molar-refractivity contribution in [3.8, 4) is 23.1 Å². The highest BCUT2D eigenvalue weighted by Gasteiger charge is 2.23. The van der Waals surface area contributed by atoms with E-state index in [9.17, 15) is 0 Å². The average molecular weight is 241 g/mol. The van der Waals surface area contributed by atoms with Gasteiger partial charge < -0.3 is 9.72 Å². The van der Waals surface area contributed by atoms with E-state index in [0.717, 1.165) is 17.0 Å². The lowest BCUT2D eigenvalue weighted by Crippen LogP contribution is -2.15. The molecular weight excluding hydrogens is 226 g/mol. The summed E-state index contributed by atoms with van der Waals surface area (Å²) in [4.78, 5) is 7.45. The number of aromatic nitrogens is 2. The first kappa shape index (κ1) is 12.2. The molecule has 1 aromatic carbocycles. The molecule has 1 N–H and O–H groups in total. The lowest BCUT2D eigenvalue weighted by atomic mass is 9.95. The van der Waals surface area contributed by atoms with E-state index in [1.807, 2.05) is 38.1 Å². The molecule has 0 aliphatic rings. The summed E-state index contributed by atoms with van der Waals surface area (Å²) in [6, 6.07) is 9.93. The number of imidazole rings is 1. The van der Waals surface area contributed by atoms with Crippen LogP contribution in [0.5, 0.6) is 5.75 Å². The summed E-state index contributed by atoms with van der Waals surface area (Å²) in [7, 11) is 1.64. The van der Waals surface area contributed by atoms with E-state index in [-0.39, 0.29) is 0 Å². The molecule has 0 saturated carbocycles. The van der Waals surface area contributed by atoms with Crippen molar-refractivity contribution < 1.29 is 4.74 Å². The Hall–Kier alpha value is -2.28. The van der Waals surface area contributed by atoms with Gasteiger partial charge in [-0.1, -0.05) is 12.1 Å². The molecule has 0 atom stereocenters. The van der Waals surface area contributed by atoms with E-state index in [4.69, 9.17) is 10.00 Å². The number of nitriles is 1. The van der Waals surface area contributed by atoms with E-state index in [0.29, 0.717) is 5.82 Å². The fourth-order valence-electron chi connectivity index (χ4n) is 1.63. The molecular formula is C14H15N3O. The van der Waals surface area contributed by atoms with E-state index in [1.54, 1.807) is 13.3 Å². The quantitative estimate of drug-likeness (QED) is 0.898. The molecule has 0 saturated heterocycles. The number of aromatic amines is 1. The van der Waals surface area contributed by atoms with Gasteiger partial charge in [-0.05, 0) is 26.0 Å². The number of H-pyrrole nitrogens is 1. The molecule has 0 radical (unpaired) electrons. The number of methoxy groups -OCH3 is 1. The minimum atomic E-state index is -0.614. The number of rotatable bonds is 3. The van der Waals surface area contributed by atoms with Crippen molar-refractivity contribution in [3.63, 3.8) is 0 Å². The predicted molar refractivity (Wildman–Crippen MR) is 69.2 cm³/mol. The summed E-state index contributed by atoms with van der Waals surface area (Å²) >= 11 is 0. The van der Waals surface area contributed by atoms with Gasteiger partial charge in [-0.15, -0.1) is 0 Å². The fourth-order valence-corrected chi connectivity index (χ4v) is 1.63. The number of nitrogens with zero attached hydrogens (tertiary/aromatic N) is 2. The minimum absolute atomic E-state index is 0.614. The molecule has 4 nitrogen and oxygen atoms in total. The molecule has 92 valence electrons. The topological polar surface area (TPSA) is 61.7 Å². The molecule has 0 spiro atoms. The molecule has 0 aliphatic heterocycles. The molecule has 1 heterocycles. The first-order valence-corrected chi connectivity index (χ1v) is 5.68. The summed E-state index contributed by atoms with van der Waals surface area (Å²) in [5.74, 6) is 1.46. The second-order valence-electron chi connectivity index (χ2n) is 4.61. The third-order valence-corrected chi connectivity index (χ3v) is 2.83. The fraction of sp³-hybridized carbons (Fsp3) is 0.286. The molecule has 4 heteroatoms. The summed E-state index contributed by atoms with van der Waals surface area (Å²) in [6.45, 7) is 3.67. The van der Waals surface area contributed by atoms with Crippen LogP contribution in [0, 0.1) is 11.3 Å². The van der Waals surface area contributed by atoms with Crippen molar-refractivity contribution in [2.45, 2.75) is 19.3 Å². The largest absolute Gasteiger partial charge is 0.497 e. The zero-order valence-electron chi connectivity index (χ0n) is 10.7. The van der Waals surface area contributed by atoms with Crippen LogP contribution in [0.1, 0.15) is 19.7 Å². The third-order valence-electron chi connectivity index (χ3n) is 2.83. The number of ether oxygens (including phenoxy) is 1. The van der Waals surface area contributed by atoms with Gasteiger partial charge in [-0.25, -0.2) is 4.98 Å². The van der Waals surface area contributed by atoms with Gasteiger partial charge in [0.1, 0.15) is 17.0 Å².